The molecular weight excluding hydrogens is 426 g/mol. The number of amides is 1. The summed E-state index contributed by atoms with van der Waals surface area (Å²) in [7, 11) is 1.57. The highest BCUT2D eigenvalue weighted by Crippen LogP contribution is 2.26. The number of hydrogen-bond acceptors (Lipinski definition) is 7. The zero-order chi connectivity index (χ0) is 21.1. The summed E-state index contributed by atoms with van der Waals surface area (Å²) in [6.07, 6.45) is 4.30. The maximum atomic E-state index is 12.7. The van der Waals surface area contributed by atoms with E-state index in [2.05, 4.69) is 15.5 Å². The second-order valence-electron chi connectivity index (χ2n) is 6.12. The minimum Gasteiger partial charge on any atom is -0.496 e. The Balaban J connectivity index is 1.58. The third-order valence-corrected chi connectivity index (χ3v) is 5.32. The number of ether oxygens (including phenoxy) is 1. The van der Waals surface area contributed by atoms with Crippen LogP contribution in [-0.4, -0.2) is 24.4 Å². The summed E-state index contributed by atoms with van der Waals surface area (Å²) in [6.45, 7) is 0. The average Bonchev–Trinajstić information content (AvgIpc) is 3.10. The van der Waals surface area contributed by atoms with Crippen LogP contribution >= 0.6 is 23.4 Å². The highest BCUT2D eigenvalue weighted by atomic mass is 35.5. The molecule has 7 nitrogen and oxygen atoms in total. The van der Waals surface area contributed by atoms with Gasteiger partial charge < -0.3 is 9.15 Å². The molecule has 0 saturated carbocycles. The van der Waals surface area contributed by atoms with Gasteiger partial charge in [-0.1, -0.05) is 23.7 Å². The molecule has 0 bridgehead atoms. The van der Waals surface area contributed by atoms with E-state index in [4.69, 9.17) is 20.8 Å². The smallest absolute Gasteiger partial charge is 0.264 e. The molecule has 1 aliphatic rings. The average molecular weight is 440 g/mol. The Morgan fingerprint density at radius 3 is 2.83 bits per heavy atom. The fraction of sp³-hybridized carbons (Fsp3) is 0.0476. The van der Waals surface area contributed by atoms with Crippen LogP contribution in [0.3, 0.4) is 0 Å². The lowest BCUT2D eigenvalue weighted by Gasteiger charge is -2.01. The third-order valence-electron chi connectivity index (χ3n) is 4.18. The van der Waals surface area contributed by atoms with Gasteiger partial charge >= 0.3 is 0 Å². The van der Waals surface area contributed by atoms with Crippen LogP contribution in [0.15, 0.2) is 73.0 Å². The fourth-order valence-corrected chi connectivity index (χ4v) is 3.69. The summed E-state index contributed by atoms with van der Waals surface area (Å²) in [5.41, 5.74) is 1.13. The molecule has 30 heavy (non-hydrogen) atoms. The molecule has 1 aromatic heterocycles. The first kappa shape index (κ1) is 19.9. The Hall–Kier alpha value is -3.36. The van der Waals surface area contributed by atoms with E-state index in [1.54, 1.807) is 19.2 Å². The minimum absolute atomic E-state index is 0.237. The summed E-state index contributed by atoms with van der Waals surface area (Å²) >= 11 is 7.04. The largest absolute Gasteiger partial charge is 0.496 e. The highest BCUT2D eigenvalue weighted by Gasteiger charge is 2.24. The monoisotopic (exact) mass is 439 g/mol. The van der Waals surface area contributed by atoms with Crippen LogP contribution in [0.2, 0.25) is 5.02 Å². The Morgan fingerprint density at radius 2 is 2.00 bits per heavy atom. The van der Waals surface area contributed by atoms with Crippen LogP contribution in [0, 0.1) is 0 Å². The van der Waals surface area contributed by atoms with E-state index in [1.807, 2.05) is 24.3 Å². The molecule has 1 amide bonds. The number of carbonyl (C=O) groups is 1. The second kappa shape index (κ2) is 8.56. The van der Waals surface area contributed by atoms with Crippen molar-refractivity contribution in [2.45, 2.75) is 0 Å². The number of amidine groups is 1. The third kappa shape index (κ3) is 4.14. The van der Waals surface area contributed by atoms with Gasteiger partial charge in [0.05, 0.1) is 29.2 Å². The van der Waals surface area contributed by atoms with Crippen LogP contribution in [-0.2, 0) is 4.79 Å². The van der Waals surface area contributed by atoms with Gasteiger partial charge in [-0.2, -0.15) is 5.10 Å². The van der Waals surface area contributed by atoms with Crippen molar-refractivity contribution in [2.24, 2.45) is 10.2 Å². The molecule has 0 aliphatic carbocycles. The van der Waals surface area contributed by atoms with Crippen molar-refractivity contribution in [3.05, 3.63) is 80.0 Å². The predicted octanol–water partition coefficient (Wildman–Crippen LogP) is 4.05. The van der Waals surface area contributed by atoms with E-state index in [1.165, 1.54) is 24.6 Å². The fourth-order valence-electron chi connectivity index (χ4n) is 2.75. The maximum Gasteiger partial charge on any atom is 0.264 e. The number of halogens is 1. The summed E-state index contributed by atoms with van der Waals surface area (Å²) in [5.74, 6) is 0.283. The number of fused-ring (bicyclic) bond motifs is 1. The van der Waals surface area contributed by atoms with Crippen molar-refractivity contribution in [3.63, 3.8) is 0 Å². The van der Waals surface area contributed by atoms with E-state index in [0.29, 0.717) is 31.8 Å². The Bertz CT molecular complexity index is 1300. The lowest BCUT2D eigenvalue weighted by Crippen LogP contribution is -2.19. The molecule has 4 rings (SSSR count). The van der Waals surface area contributed by atoms with Gasteiger partial charge in [-0.3, -0.25) is 14.9 Å². The van der Waals surface area contributed by atoms with Gasteiger partial charge in [0.15, 0.2) is 10.6 Å². The van der Waals surface area contributed by atoms with E-state index >= 15 is 0 Å². The molecule has 0 unspecified atom stereocenters. The summed E-state index contributed by atoms with van der Waals surface area (Å²) in [6, 6.07) is 12.1. The SMILES string of the molecule is COc1ccccc1/C=N/N=C1/NC(=O)/C(=C\c2coc3ccc(Cl)cc3c2=O)S1. The van der Waals surface area contributed by atoms with Gasteiger partial charge in [-0.15, -0.1) is 5.10 Å². The first-order valence-corrected chi connectivity index (χ1v) is 9.90. The van der Waals surface area contributed by atoms with E-state index in [0.717, 1.165) is 17.3 Å². The number of para-hydroxylation sites is 1. The molecule has 1 saturated heterocycles. The molecule has 0 radical (unpaired) electrons. The van der Waals surface area contributed by atoms with Crippen LogP contribution in [0.1, 0.15) is 11.1 Å². The van der Waals surface area contributed by atoms with Crippen molar-refractivity contribution in [1.82, 2.24) is 5.32 Å². The molecule has 9 heteroatoms. The molecule has 1 fully saturated rings. The quantitative estimate of drug-likeness (QED) is 0.376. The zero-order valence-corrected chi connectivity index (χ0v) is 17.2. The van der Waals surface area contributed by atoms with Crippen LogP contribution in [0.5, 0.6) is 5.75 Å². The van der Waals surface area contributed by atoms with Gasteiger partial charge in [0.25, 0.3) is 5.91 Å². The predicted molar refractivity (Wildman–Crippen MR) is 119 cm³/mol. The van der Waals surface area contributed by atoms with Gasteiger partial charge in [0.1, 0.15) is 17.6 Å². The topological polar surface area (TPSA) is 93.3 Å². The van der Waals surface area contributed by atoms with Crippen LogP contribution in [0.4, 0.5) is 0 Å². The summed E-state index contributed by atoms with van der Waals surface area (Å²) in [4.78, 5) is 25.2. The van der Waals surface area contributed by atoms with E-state index in [-0.39, 0.29) is 16.9 Å². The number of thioether (sulfide) groups is 1. The number of nitrogens with zero attached hydrogens (tertiary/aromatic N) is 2. The molecule has 1 aliphatic heterocycles. The maximum absolute atomic E-state index is 12.7. The van der Waals surface area contributed by atoms with Crippen molar-refractivity contribution < 1.29 is 13.9 Å². The van der Waals surface area contributed by atoms with Crippen molar-refractivity contribution in [3.8, 4) is 5.75 Å². The normalized spacial score (nSPS) is 16.7. The second-order valence-corrected chi connectivity index (χ2v) is 7.58. The number of nitrogens with one attached hydrogen (secondary N) is 1. The lowest BCUT2D eigenvalue weighted by molar-refractivity contribution is -0.115. The number of carbonyl (C=O) groups excluding carboxylic acids is 1. The molecule has 150 valence electrons. The number of methoxy groups -OCH3 is 1. The lowest BCUT2D eigenvalue weighted by atomic mass is 10.1. The Morgan fingerprint density at radius 1 is 1.17 bits per heavy atom. The highest BCUT2D eigenvalue weighted by molar-refractivity contribution is 8.18. The van der Waals surface area contributed by atoms with Gasteiger partial charge in [-0.25, -0.2) is 0 Å². The van der Waals surface area contributed by atoms with Gasteiger partial charge in [0, 0.05) is 10.6 Å². The van der Waals surface area contributed by atoms with Gasteiger partial charge in [0.2, 0.25) is 0 Å². The standard InChI is InChI=1S/C21H14ClN3O4S/c1-28-16-5-3-2-4-12(16)10-23-25-21-24-20(27)18(30-21)8-13-11-29-17-7-6-14(22)9-15(17)19(13)26/h2-11H,1H3,(H,24,25,27)/b18-8+,23-10+. The van der Waals surface area contributed by atoms with Crippen molar-refractivity contribution >= 4 is 57.7 Å². The molecule has 2 aromatic carbocycles. The Kier molecular flexibility index (Phi) is 5.69. The first-order chi connectivity index (χ1) is 14.5. The molecule has 1 N–H and O–H groups in total. The van der Waals surface area contributed by atoms with Crippen LogP contribution < -0.4 is 15.5 Å². The number of rotatable bonds is 4. The first-order valence-electron chi connectivity index (χ1n) is 8.71. The number of hydrogen-bond donors (Lipinski definition) is 1. The zero-order valence-electron chi connectivity index (χ0n) is 15.6. The molecular formula is C21H14ClN3O4S. The molecule has 0 spiro atoms. The molecule has 0 atom stereocenters. The summed E-state index contributed by atoms with van der Waals surface area (Å²) < 4.78 is 10.7. The van der Waals surface area contributed by atoms with E-state index in [9.17, 15) is 9.59 Å². The number of benzene rings is 2. The molecule has 2 heterocycles. The van der Waals surface area contributed by atoms with Crippen molar-refractivity contribution in [2.75, 3.05) is 7.11 Å². The molecule has 3 aromatic rings. The van der Waals surface area contributed by atoms with Crippen LogP contribution in [0.25, 0.3) is 17.0 Å². The minimum atomic E-state index is -0.378. The van der Waals surface area contributed by atoms with Gasteiger partial charge in [-0.05, 0) is 48.2 Å². The Labute approximate surface area is 180 Å². The summed E-state index contributed by atoms with van der Waals surface area (Å²) in [5, 5.41) is 11.7. The van der Waals surface area contributed by atoms with Crippen molar-refractivity contribution in [1.29, 1.82) is 0 Å². The van der Waals surface area contributed by atoms with E-state index < -0.39 is 0 Å².